The number of ether oxygens (including phenoxy) is 1. The van der Waals surface area contributed by atoms with Gasteiger partial charge in [-0.3, -0.25) is 4.79 Å². The Labute approximate surface area is 170 Å². The molecule has 148 valence electrons. The van der Waals surface area contributed by atoms with Gasteiger partial charge in [0.1, 0.15) is 11.6 Å². The van der Waals surface area contributed by atoms with E-state index in [4.69, 9.17) is 16.3 Å². The van der Waals surface area contributed by atoms with Crippen LogP contribution >= 0.6 is 11.6 Å². The van der Waals surface area contributed by atoms with Crippen LogP contribution in [0, 0.1) is 24.2 Å². The van der Waals surface area contributed by atoms with Crippen molar-refractivity contribution >= 4 is 29.2 Å². The van der Waals surface area contributed by atoms with E-state index in [1.807, 2.05) is 11.0 Å². The minimum atomic E-state index is -0.734. The minimum absolute atomic E-state index is 0.147. The molecule has 0 bridgehead atoms. The third kappa shape index (κ3) is 2.89. The molecule has 0 aromatic heterocycles. The van der Waals surface area contributed by atoms with E-state index in [1.54, 1.807) is 19.1 Å². The van der Waals surface area contributed by atoms with Crippen molar-refractivity contribution in [2.75, 3.05) is 24.7 Å². The molecule has 3 fully saturated rings. The number of amides is 3. The lowest BCUT2D eigenvalue weighted by molar-refractivity contribution is -0.125. The molecule has 28 heavy (non-hydrogen) atoms. The first-order valence-electron chi connectivity index (χ1n) is 9.92. The summed E-state index contributed by atoms with van der Waals surface area (Å²) in [5.41, 5.74) is 0.683. The molecule has 0 atom stereocenters. The number of hydrogen-bond donors (Lipinski definition) is 0. The Morgan fingerprint density at radius 1 is 1.25 bits per heavy atom. The maximum atomic E-state index is 13.5. The monoisotopic (exact) mass is 401 g/mol. The van der Waals surface area contributed by atoms with Crippen LogP contribution in [0.4, 0.5) is 10.5 Å². The van der Waals surface area contributed by atoms with Crippen LogP contribution in [0.1, 0.15) is 49.7 Å². The predicted molar refractivity (Wildman–Crippen MR) is 105 cm³/mol. The van der Waals surface area contributed by atoms with Crippen molar-refractivity contribution in [3.63, 3.8) is 0 Å². The maximum Gasteiger partial charge on any atom is 0.332 e. The fourth-order valence-corrected chi connectivity index (χ4v) is 5.02. The number of carbonyl (C=O) groups is 2. The second-order valence-corrected chi connectivity index (χ2v) is 8.39. The number of benzene rings is 1. The molecule has 1 saturated carbocycles. The molecule has 3 amide bonds. The minimum Gasteiger partial charge on any atom is -0.381 e. The first-order valence-corrected chi connectivity index (χ1v) is 10.3. The van der Waals surface area contributed by atoms with Crippen LogP contribution in [0.5, 0.6) is 0 Å². The molecule has 7 heteroatoms. The molecule has 0 radical (unpaired) electrons. The van der Waals surface area contributed by atoms with Crippen LogP contribution in [0.2, 0.25) is 5.02 Å². The molecule has 1 aromatic carbocycles. The molecule has 6 nitrogen and oxygen atoms in total. The van der Waals surface area contributed by atoms with E-state index in [9.17, 15) is 14.9 Å². The predicted octanol–water partition coefficient (Wildman–Crippen LogP) is 4.03. The number of halogens is 1. The molecule has 4 rings (SSSR count). The summed E-state index contributed by atoms with van der Waals surface area (Å²) < 4.78 is 5.45. The first kappa shape index (κ1) is 19.2. The van der Waals surface area contributed by atoms with Crippen LogP contribution in [-0.2, 0) is 9.53 Å². The molecule has 0 N–H and O–H groups in total. The van der Waals surface area contributed by atoms with Crippen LogP contribution < -0.4 is 4.90 Å². The largest absolute Gasteiger partial charge is 0.381 e. The fourth-order valence-electron chi connectivity index (χ4n) is 4.81. The summed E-state index contributed by atoms with van der Waals surface area (Å²) in [5.74, 6) is 0.208. The van der Waals surface area contributed by atoms with Gasteiger partial charge in [0.15, 0.2) is 0 Å². The van der Waals surface area contributed by atoms with E-state index in [0.29, 0.717) is 60.4 Å². The number of carbonyl (C=O) groups excluding carboxylic acids is 2. The van der Waals surface area contributed by atoms with E-state index in [-0.39, 0.29) is 11.9 Å². The molecule has 2 saturated heterocycles. The zero-order valence-electron chi connectivity index (χ0n) is 16.0. The number of rotatable bonds is 3. The van der Waals surface area contributed by atoms with E-state index in [2.05, 4.69) is 0 Å². The highest BCUT2D eigenvalue weighted by molar-refractivity contribution is 6.33. The number of hydrogen-bond acceptors (Lipinski definition) is 4. The van der Waals surface area contributed by atoms with Gasteiger partial charge in [0.05, 0.1) is 16.3 Å². The topological polar surface area (TPSA) is 73.6 Å². The highest BCUT2D eigenvalue weighted by atomic mass is 35.5. The summed E-state index contributed by atoms with van der Waals surface area (Å²) in [6.07, 6.45) is 5.14. The summed E-state index contributed by atoms with van der Waals surface area (Å²) in [5, 5.41) is 9.49. The van der Waals surface area contributed by atoms with Gasteiger partial charge < -0.3 is 9.64 Å². The van der Waals surface area contributed by atoms with Gasteiger partial charge in [-0.1, -0.05) is 24.4 Å². The third-order valence-corrected chi connectivity index (χ3v) is 6.96. The van der Waals surface area contributed by atoms with Crippen LogP contribution in [0.25, 0.3) is 0 Å². The van der Waals surface area contributed by atoms with Crippen LogP contribution in [-0.4, -0.2) is 42.1 Å². The van der Waals surface area contributed by atoms with Crippen molar-refractivity contribution < 1.29 is 14.3 Å². The second kappa shape index (κ2) is 7.38. The van der Waals surface area contributed by atoms with Gasteiger partial charge in [-0.25, -0.2) is 9.69 Å². The molecule has 2 aliphatic heterocycles. The summed E-state index contributed by atoms with van der Waals surface area (Å²) in [7, 11) is 0. The molecule has 3 aliphatic rings. The SMILES string of the molecule is Cc1c(N2C(=O)N(CC3CCOCC3)C3(CCCC3)C2=O)ccc(C#N)c1Cl. The van der Waals surface area contributed by atoms with E-state index in [0.717, 1.165) is 25.7 Å². The Kier molecular flexibility index (Phi) is 5.07. The lowest BCUT2D eigenvalue weighted by Gasteiger charge is -2.35. The summed E-state index contributed by atoms with van der Waals surface area (Å²) in [6, 6.07) is 5.02. The maximum absolute atomic E-state index is 13.5. The highest BCUT2D eigenvalue weighted by Crippen LogP contribution is 2.45. The third-order valence-electron chi connectivity index (χ3n) is 6.47. The summed E-state index contributed by atoms with van der Waals surface area (Å²) in [4.78, 5) is 30.1. The van der Waals surface area contributed by atoms with E-state index < -0.39 is 5.54 Å². The lowest BCUT2D eigenvalue weighted by Crippen LogP contribution is -2.49. The Hall–Kier alpha value is -2.10. The normalized spacial score (nSPS) is 22.3. The molecule has 1 aliphatic carbocycles. The number of nitriles is 1. The molecule has 1 aromatic rings. The molecule has 1 spiro atoms. The molecular formula is C21H24ClN3O3. The Bertz CT molecular complexity index is 851. The van der Waals surface area contributed by atoms with Crippen molar-refractivity contribution in [1.82, 2.24) is 4.90 Å². The van der Waals surface area contributed by atoms with E-state index >= 15 is 0 Å². The average molecular weight is 402 g/mol. The second-order valence-electron chi connectivity index (χ2n) is 8.01. The number of anilines is 1. The standard InChI is InChI=1S/C21H24ClN3O3/c1-14-17(5-4-16(12-23)18(14)22)25-19(26)21(8-2-3-9-21)24(20(25)27)13-15-6-10-28-11-7-15/h4-5,15H,2-3,6-11,13H2,1H3. The fraction of sp³-hybridized carbons (Fsp3) is 0.571. The number of urea groups is 1. The van der Waals surface area contributed by atoms with Gasteiger partial charge >= 0.3 is 6.03 Å². The molecule has 2 heterocycles. The van der Waals surface area contributed by atoms with Gasteiger partial charge in [0, 0.05) is 19.8 Å². The number of nitrogens with zero attached hydrogens (tertiary/aromatic N) is 3. The van der Waals surface area contributed by atoms with Crippen molar-refractivity contribution in [2.24, 2.45) is 5.92 Å². The van der Waals surface area contributed by atoms with Crippen molar-refractivity contribution in [2.45, 2.75) is 51.0 Å². The zero-order chi connectivity index (χ0) is 19.9. The van der Waals surface area contributed by atoms with Crippen molar-refractivity contribution in [3.8, 4) is 6.07 Å². The Morgan fingerprint density at radius 3 is 2.57 bits per heavy atom. The van der Waals surface area contributed by atoms with Gasteiger partial charge in [0.25, 0.3) is 5.91 Å². The number of imide groups is 1. The van der Waals surface area contributed by atoms with Gasteiger partial charge in [-0.15, -0.1) is 0 Å². The Morgan fingerprint density at radius 2 is 1.93 bits per heavy atom. The van der Waals surface area contributed by atoms with Gasteiger partial charge in [0.2, 0.25) is 0 Å². The van der Waals surface area contributed by atoms with E-state index in [1.165, 1.54) is 4.90 Å². The zero-order valence-corrected chi connectivity index (χ0v) is 16.8. The molecular weight excluding hydrogens is 378 g/mol. The Balaban J connectivity index is 1.72. The van der Waals surface area contributed by atoms with Crippen LogP contribution in [0.15, 0.2) is 12.1 Å². The quantitative estimate of drug-likeness (QED) is 0.717. The molecule has 0 unspecified atom stereocenters. The highest BCUT2D eigenvalue weighted by Gasteiger charge is 2.59. The van der Waals surface area contributed by atoms with Gasteiger partial charge in [-0.2, -0.15) is 5.26 Å². The summed E-state index contributed by atoms with van der Waals surface area (Å²) >= 11 is 6.32. The van der Waals surface area contributed by atoms with Crippen molar-refractivity contribution in [1.29, 1.82) is 5.26 Å². The summed E-state index contributed by atoms with van der Waals surface area (Å²) in [6.45, 7) is 3.76. The lowest BCUT2D eigenvalue weighted by atomic mass is 9.92. The van der Waals surface area contributed by atoms with Gasteiger partial charge in [-0.05, 0) is 56.2 Å². The smallest absolute Gasteiger partial charge is 0.332 e. The van der Waals surface area contributed by atoms with Crippen molar-refractivity contribution in [3.05, 3.63) is 28.3 Å². The van der Waals surface area contributed by atoms with Crippen LogP contribution in [0.3, 0.4) is 0 Å². The first-order chi connectivity index (χ1) is 13.5. The average Bonchev–Trinajstić information content (AvgIpc) is 3.27.